The molecule has 2 saturated carbocycles. The van der Waals surface area contributed by atoms with E-state index >= 15 is 0 Å². The van der Waals surface area contributed by atoms with Crippen LogP contribution in [0.1, 0.15) is 80.9 Å². The fraction of sp³-hybridized carbons (Fsp3) is 0.622. The van der Waals surface area contributed by atoms with Crippen molar-refractivity contribution in [2.45, 2.75) is 93.6 Å². The van der Waals surface area contributed by atoms with E-state index in [2.05, 4.69) is 4.90 Å². The van der Waals surface area contributed by atoms with Gasteiger partial charge in [0.15, 0.2) is 11.4 Å². The summed E-state index contributed by atoms with van der Waals surface area (Å²) in [6, 6.07) is 2.30. The first-order chi connectivity index (χ1) is 23.8. The minimum atomic E-state index is -2.96. The number of phenols is 1. The maximum atomic E-state index is 14.8. The number of nitrogens with zero attached hydrogens (tertiary/aromatic N) is 2. The molecule has 1 heterocycles. The van der Waals surface area contributed by atoms with Crippen LogP contribution in [0.15, 0.2) is 29.0 Å². The molecule has 6 N–H and O–H groups in total. The van der Waals surface area contributed by atoms with Crippen LogP contribution in [-0.4, -0.2) is 116 Å². The van der Waals surface area contributed by atoms with E-state index < -0.39 is 76.0 Å². The lowest BCUT2D eigenvalue weighted by Crippen LogP contribution is -2.71. The Hall–Kier alpha value is -3.39. The number of esters is 1. The van der Waals surface area contributed by atoms with Crippen molar-refractivity contribution in [3.05, 3.63) is 45.7 Å². The second kappa shape index (κ2) is 14.3. The first kappa shape index (κ1) is 36.4. The zero-order chi connectivity index (χ0) is 36.1. The molecule has 1 saturated heterocycles. The van der Waals surface area contributed by atoms with Crippen molar-refractivity contribution in [2.24, 2.45) is 17.6 Å². The monoisotopic (exact) mass is 711 g/mol. The third kappa shape index (κ3) is 6.03. The van der Waals surface area contributed by atoms with Crippen LogP contribution >= 0.6 is 11.8 Å². The number of amides is 1. The standard InChI is InChI=1S/C37H49N3O9S/c1-4-23(41)49-33-24-22(18-50-20-10-6-7-11-20)21-13-12-19(14-17-40-15-8-5-9-16-40)30(42)25(21)31(43)26(24)34(45)37(48)28(33)29(39(2)3)32(44)27(35(37)46)36(38)47/h12-13,20,22,24,28-29,33,42-43,46,48H,4-11,14-18H2,1-3H3,(H2,38,47)/t22-,24+,28+,29-,33-,37-/m0/s1. The lowest BCUT2D eigenvalue weighted by molar-refractivity contribution is -0.185. The number of ether oxygens (including phenoxy) is 1. The summed E-state index contributed by atoms with van der Waals surface area (Å²) in [5.41, 5.74) is 2.53. The Morgan fingerprint density at radius 3 is 2.36 bits per heavy atom. The fourth-order valence-electron chi connectivity index (χ4n) is 8.98. The molecule has 6 rings (SSSR count). The van der Waals surface area contributed by atoms with Crippen molar-refractivity contribution in [2.75, 3.05) is 39.5 Å². The van der Waals surface area contributed by atoms with E-state index in [1.54, 1.807) is 18.7 Å². The topological polar surface area (TPSA) is 191 Å². The Morgan fingerprint density at radius 1 is 1.06 bits per heavy atom. The number of piperidine rings is 1. The molecule has 13 heteroatoms. The van der Waals surface area contributed by atoms with Crippen molar-refractivity contribution in [1.29, 1.82) is 0 Å². The minimum Gasteiger partial charge on any atom is -0.508 e. The lowest BCUT2D eigenvalue weighted by Gasteiger charge is -2.55. The third-order valence-corrected chi connectivity index (χ3v) is 13.0. The highest BCUT2D eigenvalue weighted by Gasteiger charge is 2.70. The maximum Gasteiger partial charge on any atom is 0.305 e. The molecule has 272 valence electrons. The molecule has 1 aliphatic heterocycles. The number of aromatic hydroxyl groups is 1. The van der Waals surface area contributed by atoms with Gasteiger partial charge in [-0.15, -0.1) is 0 Å². The summed E-state index contributed by atoms with van der Waals surface area (Å²) < 4.78 is 6.09. The number of phenolic OH excluding ortho intramolecular Hbond substituents is 1. The van der Waals surface area contributed by atoms with Crippen LogP contribution < -0.4 is 5.73 Å². The van der Waals surface area contributed by atoms with Gasteiger partial charge in [0.25, 0.3) is 5.91 Å². The van der Waals surface area contributed by atoms with Crippen molar-refractivity contribution in [1.82, 2.24) is 9.80 Å². The van der Waals surface area contributed by atoms with Crippen molar-refractivity contribution in [3.8, 4) is 5.75 Å². The van der Waals surface area contributed by atoms with Gasteiger partial charge in [0.2, 0.25) is 5.78 Å². The van der Waals surface area contributed by atoms with Gasteiger partial charge in [-0.3, -0.25) is 24.1 Å². The summed E-state index contributed by atoms with van der Waals surface area (Å²) in [5, 5.41) is 48.2. The predicted molar refractivity (Wildman–Crippen MR) is 188 cm³/mol. The molecule has 0 spiro atoms. The fourth-order valence-corrected chi connectivity index (χ4v) is 10.5. The Morgan fingerprint density at radius 2 is 1.74 bits per heavy atom. The van der Waals surface area contributed by atoms with Gasteiger partial charge in [0, 0.05) is 41.4 Å². The van der Waals surface area contributed by atoms with Gasteiger partial charge >= 0.3 is 5.97 Å². The second-order valence-corrected chi connectivity index (χ2v) is 15.9. The molecular formula is C37H49N3O9S. The number of carbonyl (C=O) groups is 4. The molecule has 1 aromatic rings. The molecule has 1 amide bonds. The molecule has 0 bridgehead atoms. The number of likely N-dealkylation sites (N-methyl/N-ethyl adjacent to an activating group) is 1. The Bertz CT molecular complexity index is 1630. The number of primary amides is 1. The zero-order valence-electron chi connectivity index (χ0n) is 29.0. The molecule has 0 aromatic heterocycles. The van der Waals surface area contributed by atoms with Gasteiger partial charge in [-0.25, -0.2) is 0 Å². The van der Waals surface area contributed by atoms with E-state index in [4.69, 9.17) is 10.5 Å². The lowest BCUT2D eigenvalue weighted by atomic mass is 9.54. The van der Waals surface area contributed by atoms with Crippen molar-refractivity contribution in [3.63, 3.8) is 0 Å². The van der Waals surface area contributed by atoms with Crippen LogP contribution in [0.2, 0.25) is 0 Å². The Kier molecular flexibility index (Phi) is 10.4. The molecular weight excluding hydrogens is 662 g/mol. The predicted octanol–water partition coefficient (Wildman–Crippen LogP) is 3.14. The first-order valence-electron chi connectivity index (χ1n) is 17.9. The summed E-state index contributed by atoms with van der Waals surface area (Å²) in [6.45, 7) is 4.23. The summed E-state index contributed by atoms with van der Waals surface area (Å²) >= 11 is 1.72. The van der Waals surface area contributed by atoms with Crippen molar-refractivity contribution >= 4 is 41.0 Å². The average Bonchev–Trinajstić information content (AvgIpc) is 3.61. The highest BCUT2D eigenvalue weighted by Crippen LogP contribution is 2.58. The third-order valence-electron chi connectivity index (χ3n) is 11.5. The molecule has 50 heavy (non-hydrogen) atoms. The van der Waals surface area contributed by atoms with Gasteiger partial charge in [0.05, 0.1) is 17.5 Å². The van der Waals surface area contributed by atoms with Gasteiger partial charge in [-0.2, -0.15) is 11.8 Å². The van der Waals surface area contributed by atoms with Crippen molar-refractivity contribution < 1.29 is 44.3 Å². The molecule has 4 aliphatic carbocycles. The summed E-state index contributed by atoms with van der Waals surface area (Å²) in [4.78, 5) is 58.2. The zero-order valence-corrected chi connectivity index (χ0v) is 29.8. The summed E-state index contributed by atoms with van der Waals surface area (Å²) in [5.74, 6) is -8.85. The van der Waals surface area contributed by atoms with E-state index in [1.165, 1.54) is 25.4 Å². The van der Waals surface area contributed by atoms with E-state index in [0.29, 0.717) is 35.1 Å². The highest BCUT2D eigenvalue weighted by molar-refractivity contribution is 7.99. The number of rotatable bonds is 10. The minimum absolute atomic E-state index is 0.0648. The van der Waals surface area contributed by atoms with Crippen LogP contribution in [0.4, 0.5) is 0 Å². The van der Waals surface area contributed by atoms with Gasteiger partial charge in [-0.05, 0) is 70.4 Å². The number of hydrogen-bond acceptors (Lipinski definition) is 12. The van der Waals surface area contributed by atoms with Gasteiger partial charge < -0.3 is 35.8 Å². The van der Waals surface area contributed by atoms with E-state index in [9.17, 15) is 39.6 Å². The van der Waals surface area contributed by atoms with Crippen LogP contribution in [0, 0.1) is 11.8 Å². The van der Waals surface area contributed by atoms with Crippen LogP contribution in [0.25, 0.3) is 5.76 Å². The molecule has 6 atom stereocenters. The number of aliphatic hydroxyl groups excluding tert-OH is 2. The first-order valence-corrected chi connectivity index (χ1v) is 18.9. The molecule has 3 fully saturated rings. The molecule has 0 radical (unpaired) electrons. The SMILES string of the molecule is CCC(=O)O[C@H]1[C@H]2C(=C(O)c3c(ccc(CCN4CCCCC4)c3O)[C@@H]2CSC2CCCC2)C(=O)[C@]2(O)C(O)=C(C(N)=O)C(=O)[C@@H](N(C)C)[C@H]12. The number of likely N-dealkylation sites (tertiary alicyclic amines) is 1. The smallest absolute Gasteiger partial charge is 0.305 e. The van der Waals surface area contributed by atoms with Crippen LogP contribution in [0.3, 0.4) is 0 Å². The summed E-state index contributed by atoms with van der Waals surface area (Å²) in [7, 11) is 3.03. The van der Waals surface area contributed by atoms with Crippen LogP contribution in [-0.2, 0) is 30.3 Å². The Balaban J connectivity index is 1.56. The quantitative estimate of drug-likeness (QED) is 0.176. The van der Waals surface area contributed by atoms with E-state index in [1.807, 2.05) is 12.1 Å². The second-order valence-electron chi connectivity index (χ2n) is 14.6. The number of nitrogens with two attached hydrogens (primary N) is 1. The van der Waals surface area contributed by atoms with E-state index in [0.717, 1.165) is 51.6 Å². The number of carbonyl (C=O) groups excluding carboxylic acids is 4. The highest BCUT2D eigenvalue weighted by atomic mass is 32.2. The number of ketones is 2. The average molecular weight is 712 g/mol. The molecule has 12 nitrogen and oxygen atoms in total. The molecule has 0 unspecified atom stereocenters. The normalized spacial score (nSPS) is 30.4. The number of thioether (sulfide) groups is 1. The maximum absolute atomic E-state index is 14.8. The summed E-state index contributed by atoms with van der Waals surface area (Å²) in [6.07, 6.45) is 6.67. The van der Waals surface area contributed by atoms with Gasteiger partial charge in [0.1, 0.15) is 28.9 Å². The number of aliphatic hydroxyl groups is 3. The number of Topliss-reactive ketones (excluding diaryl/α,β-unsaturated/α-hetero) is 2. The largest absolute Gasteiger partial charge is 0.508 e. The number of fused-ring (bicyclic) bond motifs is 3. The van der Waals surface area contributed by atoms with E-state index in [-0.39, 0.29) is 23.3 Å². The number of benzene rings is 1. The van der Waals surface area contributed by atoms with Gasteiger partial charge in [-0.1, -0.05) is 38.3 Å². The molecule has 5 aliphatic rings. The molecule has 1 aromatic carbocycles. The Labute approximate surface area is 296 Å². The van der Waals surface area contributed by atoms with Crippen LogP contribution in [0.5, 0.6) is 5.75 Å². The number of hydrogen-bond donors (Lipinski definition) is 5.